The highest BCUT2D eigenvalue weighted by atomic mass is 35.5. The summed E-state index contributed by atoms with van der Waals surface area (Å²) in [5.41, 5.74) is -0.374. The van der Waals surface area contributed by atoms with Crippen LogP contribution in [0.4, 0.5) is 8.78 Å². The lowest BCUT2D eigenvalue weighted by Crippen LogP contribution is -2.27. The fourth-order valence-corrected chi connectivity index (χ4v) is 1.67. The van der Waals surface area contributed by atoms with Crippen molar-refractivity contribution in [3.8, 4) is 0 Å². The molecule has 0 radical (unpaired) electrons. The molecule has 0 aliphatic carbocycles. The molecule has 0 saturated carbocycles. The molecular weight excluding hydrogens is 276 g/mol. The van der Waals surface area contributed by atoms with E-state index in [-0.39, 0.29) is 17.1 Å². The smallest absolute Gasteiger partial charge is 0.254 e. The van der Waals surface area contributed by atoms with Crippen LogP contribution in [0.15, 0.2) is 24.5 Å². The van der Waals surface area contributed by atoms with Crippen molar-refractivity contribution in [1.82, 2.24) is 15.3 Å². The number of hydrogen-bond donors (Lipinski definition) is 2. The number of aromatic amines is 1. The van der Waals surface area contributed by atoms with E-state index >= 15 is 0 Å². The molecule has 2 rings (SSSR count). The first kappa shape index (κ1) is 13.5. The number of imidazole rings is 1. The van der Waals surface area contributed by atoms with Crippen LogP contribution in [0.1, 0.15) is 16.2 Å². The lowest BCUT2D eigenvalue weighted by molar-refractivity contribution is 0.0949. The Morgan fingerprint density at radius 1 is 1.37 bits per heavy atom. The molecular formula is C12H10ClF2N3O. The summed E-state index contributed by atoms with van der Waals surface area (Å²) >= 11 is 5.40. The van der Waals surface area contributed by atoms with Crippen LogP contribution >= 0.6 is 11.6 Å². The van der Waals surface area contributed by atoms with Crippen LogP contribution in [0.5, 0.6) is 0 Å². The normalized spacial score (nSPS) is 10.5. The van der Waals surface area contributed by atoms with Crippen molar-refractivity contribution in [3.63, 3.8) is 0 Å². The number of nitrogens with zero attached hydrogens (tertiary/aromatic N) is 1. The topological polar surface area (TPSA) is 57.8 Å². The van der Waals surface area contributed by atoms with Gasteiger partial charge in [0.25, 0.3) is 5.91 Å². The van der Waals surface area contributed by atoms with Gasteiger partial charge in [0.1, 0.15) is 17.5 Å². The molecule has 0 fully saturated rings. The average molecular weight is 286 g/mol. The number of rotatable bonds is 4. The lowest BCUT2D eigenvalue weighted by atomic mass is 10.2. The van der Waals surface area contributed by atoms with Gasteiger partial charge in [0, 0.05) is 25.4 Å². The van der Waals surface area contributed by atoms with Crippen LogP contribution in [-0.4, -0.2) is 22.4 Å². The SMILES string of the molecule is O=C(NCCc1ncc[nH]1)c1cc(F)c(Cl)cc1F. The number of carbonyl (C=O) groups excluding carboxylic acids is 1. The highest BCUT2D eigenvalue weighted by Gasteiger charge is 2.15. The van der Waals surface area contributed by atoms with E-state index in [4.69, 9.17) is 11.6 Å². The maximum Gasteiger partial charge on any atom is 0.254 e. The first-order valence-electron chi connectivity index (χ1n) is 5.49. The van der Waals surface area contributed by atoms with Crippen LogP contribution in [0.3, 0.4) is 0 Å². The summed E-state index contributed by atoms with van der Waals surface area (Å²) in [5.74, 6) is -1.69. The Morgan fingerprint density at radius 2 is 2.16 bits per heavy atom. The number of H-pyrrole nitrogens is 1. The zero-order chi connectivity index (χ0) is 13.8. The fourth-order valence-electron chi connectivity index (χ4n) is 1.52. The number of hydrogen-bond acceptors (Lipinski definition) is 2. The molecule has 0 aliphatic heterocycles. The van der Waals surface area contributed by atoms with E-state index < -0.39 is 17.5 Å². The highest BCUT2D eigenvalue weighted by molar-refractivity contribution is 6.30. The van der Waals surface area contributed by atoms with Gasteiger partial charge < -0.3 is 10.3 Å². The highest BCUT2D eigenvalue weighted by Crippen LogP contribution is 2.19. The van der Waals surface area contributed by atoms with E-state index in [1.54, 1.807) is 12.4 Å². The number of halogens is 3. The van der Waals surface area contributed by atoms with Gasteiger partial charge in [-0.3, -0.25) is 4.79 Å². The molecule has 7 heteroatoms. The summed E-state index contributed by atoms with van der Waals surface area (Å²) in [4.78, 5) is 18.5. The van der Waals surface area contributed by atoms with Crippen LogP contribution in [-0.2, 0) is 6.42 Å². The second-order valence-electron chi connectivity index (χ2n) is 3.79. The summed E-state index contributed by atoms with van der Waals surface area (Å²) < 4.78 is 26.6. The Bertz CT molecular complexity index is 587. The average Bonchev–Trinajstić information content (AvgIpc) is 2.86. The maximum atomic E-state index is 13.5. The molecule has 100 valence electrons. The van der Waals surface area contributed by atoms with Crippen molar-refractivity contribution in [2.24, 2.45) is 0 Å². The molecule has 0 spiro atoms. The summed E-state index contributed by atoms with van der Waals surface area (Å²) in [6, 6.07) is 1.55. The number of benzene rings is 1. The minimum absolute atomic E-state index is 0.260. The Morgan fingerprint density at radius 3 is 2.84 bits per heavy atom. The second-order valence-corrected chi connectivity index (χ2v) is 4.20. The van der Waals surface area contributed by atoms with Crippen LogP contribution in [0.2, 0.25) is 5.02 Å². The largest absolute Gasteiger partial charge is 0.351 e. The zero-order valence-electron chi connectivity index (χ0n) is 9.71. The third-order valence-corrected chi connectivity index (χ3v) is 2.75. The minimum Gasteiger partial charge on any atom is -0.351 e. The van der Waals surface area contributed by atoms with E-state index in [0.29, 0.717) is 12.2 Å². The molecule has 4 nitrogen and oxygen atoms in total. The van der Waals surface area contributed by atoms with E-state index in [9.17, 15) is 13.6 Å². The van der Waals surface area contributed by atoms with Crippen LogP contribution in [0.25, 0.3) is 0 Å². The molecule has 0 bridgehead atoms. The van der Waals surface area contributed by atoms with Crippen molar-refractivity contribution in [2.45, 2.75) is 6.42 Å². The third-order valence-electron chi connectivity index (χ3n) is 2.46. The Balaban J connectivity index is 1.98. The van der Waals surface area contributed by atoms with Crippen molar-refractivity contribution < 1.29 is 13.6 Å². The van der Waals surface area contributed by atoms with E-state index in [1.165, 1.54) is 0 Å². The Labute approximate surface area is 112 Å². The maximum absolute atomic E-state index is 13.5. The van der Waals surface area contributed by atoms with Gasteiger partial charge in [0.05, 0.1) is 10.6 Å². The van der Waals surface area contributed by atoms with Gasteiger partial charge in [-0.2, -0.15) is 0 Å². The summed E-state index contributed by atoms with van der Waals surface area (Å²) in [6.07, 6.45) is 3.72. The molecule has 2 aromatic rings. The zero-order valence-corrected chi connectivity index (χ0v) is 10.5. The molecule has 2 N–H and O–H groups in total. The standard InChI is InChI=1S/C12H10ClF2N3O/c13-8-6-9(14)7(5-10(8)15)12(19)18-2-1-11-16-3-4-17-11/h3-6H,1-2H2,(H,16,17)(H,18,19). The molecule has 1 aromatic carbocycles. The summed E-state index contributed by atoms with van der Waals surface area (Å²) in [7, 11) is 0. The molecule has 19 heavy (non-hydrogen) atoms. The predicted molar refractivity (Wildman–Crippen MR) is 66.0 cm³/mol. The van der Waals surface area contributed by atoms with Crippen molar-refractivity contribution >= 4 is 17.5 Å². The van der Waals surface area contributed by atoms with Gasteiger partial charge in [0.2, 0.25) is 0 Å². The van der Waals surface area contributed by atoms with E-state index in [2.05, 4.69) is 15.3 Å². The Kier molecular flexibility index (Phi) is 4.11. The molecule has 1 heterocycles. The van der Waals surface area contributed by atoms with Crippen molar-refractivity contribution in [3.05, 3.63) is 52.6 Å². The number of aromatic nitrogens is 2. The lowest BCUT2D eigenvalue weighted by Gasteiger charge is -2.06. The number of carbonyl (C=O) groups is 1. The van der Waals surface area contributed by atoms with Crippen LogP contribution < -0.4 is 5.32 Å². The fraction of sp³-hybridized carbons (Fsp3) is 0.167. The van der Waals surface area contributed by atoms with E-state index in [0.717, 1.165) is 12.1 Å². The van der Waals surface area contributed by atoms with Gasteiger partial charge in [-0.1, -0.05) is 11.6 Å². The number of nitrogens with one attached hydrogen (secondary N) is 2. The van der Waals surface area contributed by atoms with Gasteiger partial charge in [-0.15, -0.1) is 0 Å². The van der Waals surface area contributed by atoms with Crippen molar-refractivity contribution in [2.75, 3.05) is 6.54 Å². The van der Waals surface area contributed by atoms with Crippen molar-refractivity contribution in [1.29, 1.82) is 0 Å². The molecule has 0 unspecified atom stereocenters. The first-order chi connectivity index (χ1) is 9.08. The number of amides is 1. The van der Waals surface area contributed by atoms with Gasteiger partial charge in [-0.25, -0.2) is 13.8 Å². The van der Waals surface area contributed by atoms with Gasteiger partial charge in [0.15, 0.2) is 0 Å². The Hall–Kier alpha value is -1.95. The van der Waals surface area contributed by atoms with Gasteiger partial charge >= 0.3 is 0 Å². The molecule has 0 atom stereocenters. The van der Waals surface area contributed by atoms with E-state index in [1.807, 2.05) is 0 Å². The third kappa shape index (κ3) is 3.29. The predicted octanol–water partition coefficient (Wildman–Crippen LogP) is 2.31. The second kappa shape index (κ2) is 5.79. The summed E-state index contributed by atoms with van der Waals surface area (Å²) in [5, 5.41) is 2.12. The molecule has 0 aliphatic rings. The monoisotopic (exact) mass is 285 g/mol. The molecule has 0 saturated heterocycles. The molecule has 1 aromatic heterocycles. The quantitative estimate of drug-likeness (QED) is 0.847. The van der Waals surface area contributed by atoms with Gasteiger partial charge in [-0.05, 0) is 12.1 Å². The summed E-state index contributed by atoms with van der Waals surface area (Å²) in [6.45, 7) is 0.260. The van der Waals surface area contributed by atoms with Crippen LogP contribution in [0, 0.1) is 11.6 Å². The molecule has 1 amide bonds. The minimum atomic E-state index is -0.859. The first-order valence-corrected chi connectivity index (χ1v) is 5.86.